The molecular formula is C25H23F3N4OS. The number of thioether (sulfide) groups is 1. The molecule has 0 N–H and O–H groups in total. The van der Waals surface area contributed by atoms with E-state index in [9.17, 15) is 13.2 Å². The Hall–Kier alpha value is -2.88. The molecule has 1 saturated heterocycles. The Morgan fingerprint density at radius 3 is 2.53 bits per heavy atom. The van der Waals surface area contributed by atoms with Crippen LogP contribution in [0.25, 0.3) is 16.6 Å². The third-order valence-electron chi connectivity index (χ3n) is 5.78. The first-order valence-electron chi connectivity index (χ1n) is 11.0. The van der Waals surface area contributed by atoms with Crippen LogP contribution in [0.2, 0.25) is 0 Å². The largest absolute Gasteiger partial charge is 0.416 e. The van der Waals surface area contributed by atoms with Crippen molar-refractivity contribution in [2.75, 3.05) is 26.3 Å². The molecule has 0 radical (unpaired) electrons. The lowest BCUT2D eigenvalue weighted by atomic mass is 10.1. The molecule has 3 heterocycles. The molecule has 0 saturated carbocycles. The second-order valence-corrected chi connectivity index (χ2v) is 9.17. The van der Waals surface area contributed by atoms with Gasteiger partial charge in [-0.1, -0.05) is 18.2 Å². The molecule has 5 nitrogen and oxygen atoms in total. The van der Waals surface area contributed by atoms with Gasteiger partial charge in [-0.05, 0) is 35.9 Å². The zero-order valence-corrected chi connectivity index (χ0v) is 19.1. The van der Waals surface area contributed by atoms with Gasteiger partial charge >= 0.3 is 6.18 Å². The third kappa shape index (κ3) is 5.27. The highest BCUT2D eigenvalue weighted by atomic mass is 32.2. The molecular weight excluding hydrogens is 461 g/mol. The summed E-state index contributed by atoms with van der Waals surface area (Å²) in [6.45, 7) is 4.20. The molecule has 0 bridgehead atoms. The average Bonchev–Trinajstić information content (AvgIpc) is 3.31. The van der Waals surface area contributed by atoms with Crippen LogP contribution in [0.1, 0.15) is 16.8 Å². The topological polar surface area (TPSA) is 43.2 Å². The molecule has 9 heteroatoms. The number of hydrogen-bond acceptors (Lipinski definition) is 5. The van der Waals surface area contributed by atoms with Gasteiger partial charge in [0.25, 0.3) is 0 Å². The molecule has 0 atom stereocenters. The van der Waals surface area contributed by atoms with Crippen molar-refractivity contribution in [3.63, 3.8) is 0 Å². The van der Waals surface area contributed by atoms with Crippen molar-refractivity contribution in [1.82, 2.24) is 19.4 Å². The number of fused-ring (bicyclic) bond motifs is 1. The van der Waals surface area contributed by atoms with Crippen molar-refractivity contribution >= 4 is 22.7 Å². The predicted molar refractivity (Wildman–Crippen MR) is 126 cm³/mol. The first-order valence-corrected chi connectivity index (χ1v) is 12.0. The van der Waals surface area contributed by atoms with Crippen molar-refractivity contribution in [2.45, 2.75) is 23.4 Å². The summed E-state index contributed by atoms with van der Waals surface area (Å²) in [6, 6.07) is 13.8. The maximum absolute atomic E-state index is 13.0. The minimum Gasteiger partial charge on any atom is -0.379 e. The Balaban J connectivity index is 1.24. The smallest absolute Gasteiger partial charge is 0.379 e. The quantitative estimate of drug-likeness (QED) is 0.335. The summed E-state index contributed by atoms with van der Waals surface area (Å²) in [5.41, 5.74) is 2.85. The van der Waals surface area contributed by atoms with E-state index in [1.807, 2.05) is 17.0 Å². The van der Waals surface area contributed by atoms with E-state index in [2.05, 4.69) is 45.3 Å². The summed E-state index contributed by atoms with van der Waals surface area (Å²) in [6.07, 6.45) is 1.07. The van der Waals surface area contributed by atoms with Crippen LogP contribution in [0.3, 0.4) is 0 Å². The number of nitrogens with zero attached hydrogens (tertiary/aromatic N) is 4. The summed E-state index contributed by atoms with van der Waals surface area (Å²) in [4.78, 5) is 11.9. The molecule has 0 unspecified atom stereocenters. The number of benzene rings is 2. The van der Waals surface area contributed by atoms with E-state index in [1.54, 1.807) is 18.0 Å². The Bertz CT molecular complexity index is 1270. The van der Waals surface area contributed by atoms with Crippen LogP contribution in [0.15, 0.2) is 72.1 Å². The van der Waals surface area contributed by atoms with Gasteiger partial charge in [0.05, 0.1) is 36.3 Å². The van der Waals surface area contributed by atoms with Gasteiger partial charge in [-0.3, -0.25) is 9.88 Å². The summed E-state index contributed by atoms with van der Waals surface area (Å²) >= 11 is 1.59. The lowest BCUT2D eigenvalue weighted by Gasteiger charge is -2.25. The normalized spacial score (nSPS) is 15.1. The van der Waals surface area contributed by atoms with E-state index in [4.69, 9.17) is 4.74 Å². The number of morpholine rings is 1. The van der Waals surface area contributed by atoms with Crippen molar-refractivity contribution in [1.29, 1.82) is 0 Å². The summed E-state index contributed by atoms with van der Waals surface area (Å²) < 4.78 is 46.4. The molecule has 5 rings (SSSR count). The van der Waals surface area contributed by atoms with Crippen LogP contribution in [-0.2, 0) is 23.2 Å². The number of rotatable bonds is 6. The van der Waals surface area contributed by atoms with E-state index in [1.165, 1.54) is 6.07 Å². The SMILES string of the molecule is FC(F)(F)c1ccc2c(SCc3ccc(-n4cnc(CN5CCOCC5)c4)cc3)ccnc2c1. The molecule has 176 valence electrons. The second-order valence-electron chi connectivity index (χ2n) is 8.15. The second kappa shape index (κ2) is 9.77. The monoisotopic (exact) mass is 484 g/mol. The number of hydrogen-bond donors (Lipinski definition) is 0. The average molecular weight is 485 g/mol. The number of aromatic nitrogens is 3. The lowest BCUT2D eigenvalue weighted by molar-refractivity contribution is -0.137. The number of halogens is 3. The lowest BCUT2D eigenvalue weighted by Crippen LogP contribution is -2.35. The number of alkyl halides is 3. The fourth-order valence-electron chi connectivity index (χ4n) is 3.92. The highest BCUT2D eigenvalue weighted by Gasteiger charge is 2.30. The van der Waals surface area contributed by atoms with Crippen molar-refractivity contribution in [3.8, 4) is 5.69 Å². The summed E-state index contributed by atoms with van der Waals surface area (Å²) in [7, 11) is 0. The number of ether oxygens (including phenoxy) is 1. The van der Waals surface area contributed by atoms with Crippen molar-refractivity contribution < 1.29 is 17.9 Å². The molecule has 1 fully saturated rings. The van der Waals surface area contributed by atoms with Crippen LogP contribution < -0.4 is 0 Å². The molecule has 1 aliphatic rings. The zero-order chi connectivity index (χ0) is 23.5. The van der Waals surface area contributed by atoms with E-state index in [-0.39, 0.29) is 0 Å². The van der Waals surface area contributed by atoms with Gasteiger partial charge in [0, 0.05) is 53.7 Å². The molecule has 2 aromatic carbocycles. The minimum atomic E-state index is -4.38. The van der Waals surface area contributed by atoms with E-state index < -0.39 is 11.7 Å². The van der Waals surface area contributed by atoms with Gasteiger partial charge in [-0.2, -0.15) is 13.2 Å². The molecule has 0 spiro atoms. The van der Waals surface area contributed by atoms with Crippen LogP contribution in [0.5, 0.6) is 0 Å². The van der Waals surface area contributed by atoms with Gasteiger partial charge in [-0.25, -0.2) is 4.98 Å². The Morgan fingerprint density at radius 1 is 0.971 bits per heavy atom. The Labute approximate surface area is 199 Å². The maximum Gasteiger partial charge on any atom is 0.416 e. The number of imidazole rings is 1. The Morgan fingerprint density at radius 2 is 1.76 bits per heavy atom. The minimum absolute atomic E-state index is 0.350. The van der Waals surface area contributed by atoms with Gasteiger partial charge in [-0.15, -0.1) is 11.8 Å². The Kier molecular flexibility index (Phi) is 6.58. The maximum atomic E-state index is 13.0. The molecule has 34 heavy (non-hydrogen) atoms. The molecule has 0 aliphatic carbocycles. The zero-order valence-electron chi connectivity index (χ0n) is 18.3. The van der Waals surface area contributed by atoms with E-state index in [0.29, 0.717) is 11.3 Å². The van der Waals surface area contributed by atoms with E-state index >= 15 is 0 Å². The molecule has 1 aliphatic heterocycles. The highest BCUT2D eigenvalue weighted by Crippen LogP contribution is 2.34. The summed E-state index contributed by atoms with van der Waals surface area (Å²) in [5.74, 6) is 0.701. The third-order valence-corrected chi connectivity index (χ3v) is 6.93. The molecule has 0 amide bonds. The molecule has 4 aromatic rings. The van der Waals surface area contributed by atoms with Gasteiger partial charge < -0.3 is 9.30 Å². The fourth-order valence-corrected chi connectivity index (χ4v) is 4.92. The molecule has 2 aromatic heterocycles. The van der Waals surface area contributed by atoms with Crippen molar-refractivity contribution in [2.24, 2.45) is 0 Å². The first kappa shape index (κ1) is 22.9. The van der Waals surface area contributed by atoms with E-state index in [0.717, 1.165) is 72.2 Å². The van der Waals surface area contributed by atoms with Crippen molar-refractivity contribution in [3.05, 3.63) is 84.1 Å². The van der Waals surface area contributed by atoms with Crippen LogP contribution in [0.4, 0.5) is 13.2 Å². The summed E-state index contributed by atoms with van der Waals surface area (Å²) in [5, 5.41) is 0.725. The fraction of sp³-hybridized carbons (Fsp3) is 0.280. The van der Waals surface area contributed by atoms with Crippen LogP contribution in [0, 0.1) is 0 Å². The first-order chi connectivity index (χ1) is 16.5. The van der Waals surface area contributed by atoms with Gasteiger partial charge in [0.2, 0.25) is 0 Å². The van der Waals surface area contributed by atoms with Crippen LogP contribution in [-0.4, -0.2) is 45.7 Å². The van der Waals surface area contributed by atoms with Gasteiger partial charge in [0.15, 0.2) is 0 Å². The van der Waals surface area contributed by atoms with Gasteiger partial charge in [0.1, 0.15) is 0 Å². The standard InChI is InChI=1S/C25H23F3N4OS/c26-25(27,28)19-3-6-22-23(13-19)29-8-7-24(22)34-16-18-1-4-21(5-2-18)32-15-20(30-17-32)14-31-9-11-33-12-10-31/h1-8,13,15,17H,9-12,14,16H2. The highest BCUT2D eigenvalue weighted by molar-refractivity contribution is 7.98. The van der Waals surface area contributed by atoms with Crippen LogP contribution >= 0.6 is 11.8 Å². The predicted octanol–water partition coefficient (Wildman–Crippen LogP) is 5.56. The number of pyridine rings is 1.